The number of nitrogens with two attached hydrogens (primary N) is 1. The Labute approximate surface area is 114 Å². The van der Waals surface area contributed by atoms with E-state index in [1.54, 1.807) is 0 Å². The van der Waals surface area contributed by atoms with Crippen LogP contribution in [0.2, 0.25) is 0 Å². The van der Waals surface area contributed by atoms with Gasteiger partial charge in [-0.05, 0) is 31.9 Å². The van der Waals surface area contributed by atoms with E-state index in [4.69, 9.17) is 10.9 Å². The summed E-state index contributed by atoms with van der Waals surface area (Å²) in [5.74, 6) is 0.182. The van der Waals surface area contributed by atoms with Gasteiger partial charge in [-0.25, -0.2) is 0 Å². The van der Waals surface area contributed by atoms with Crippen LogP contribution in [0.15, 0.2) is 23.4 Å². The van der Waals surface area contributed by atoms with E-state index in [2.05, 4.69) is 29.2 Å². The van der Waals surface area contributed by atoms with Crippen LogP contribution in [0, 0.1) is 6.92 Å². The number of hydrogen-bond donors (Lipinski definition) is 2. The van der Waals surface area contributed by atoms with Gasteiger partial charge in [0.2, 0.25) is 0 Å². The summed E-state index contributed by atoms with van der Waals surface area (Å²) in [7, 11) is 2.11. The number of benzene rings is 1. The van der Waals surface area contributed by atoms with Crippen LogP contribution < -0.4 is 10.6 Å². The maximum atomic E-state index is 8.94. The van der Waals surface area contributed by atoms with Crippen LogP contribution in [-0.2, 0) is 0 Å². The average Bonchev–Trinajstić information content (AvgIpc) is 2.46. The summed E-state index contributed by atoms with van der Waals surface area (Å²) in [4.78, 5) is 2.28. The third-order valence-corrected chi connectivity index (χ3v) is 4.04. The molecule has 2 rings (SSSR count). The highest BCUT2D eigenvalue weighted by Gasteiger charge is 2.21. The van der Waals surface area contributed by atoms with Crippen molar-refractivity contribution in [3.05, 3.63) is 29.3 Å². The lowest BCUT2D eigenvalue weighted by Gasteiger charge is -2.34. The summed E-state index contributed by atoms with van der Waals surface area (Å²) < 4.78 is 0. The number of oxime groups is 1. The fraction of sp³-hybridized carbons (Fsp3) is 0.533. The lowest BCUT2D eigenvalue weighted by Crippen LogP contribution is -2.35. The molecule has 1 saturated carbocycles. The van der Waals surface area contributed by atoms with Crippen molar-refractivity contribution in [3.8, 4) is 0 Å². The minimum Gasteiger partial charge on any atom is -0.409 e. The van der Waals surface area contributed by atoms with E-state index >= 15 is 0 Å². The smallest absolute Gasteiger partial charge is 0.172 e. The molecule has 0 amide bonds. The van der Waals surface area contributed by atoms with Crippen LogP contribution >= 0.6 is 0 Å². The summed E-state index contributed by atoms with van der Waals surface area (Å²) in [6.07, 6.45) is 6.37. The van der Waals surface area contributed by atoms with Crippen LogP contribution in [-0.4, -0.2) is 24.1 Å². The number of anilines is 1. The molecule has 1 aromatic rings. The minimum absolute atomic E-state index is 0.182. The molecule has 1 aliphatic carbocycles. The standard InChI is InChI=1S/C15H23N3O/c1-11-8-9-14(13(10-11)15(16)17-19)18(2)12-6-4-3-5-7-12/h8-10,12,19H,3-7H2,1-2H3,(H2,16,17). The molecular formula is C15H23N3O. The molecule has 1 fully saturated rings. The monoisotopic (exact) mass is 261 g/mol. The van der Waals surface area contributed by atoms with Gasteiger partial charge in [0.25, 0.3) is 0 Å². The van der Waals surface area contributed by atoms with Gasteiger partial charge in [0.1, 0.15) is 0 Å². The van der Waals surface area contributed by atoms with Crippen molar-refractivity contribution in [2.75, 3.05) is 11.9 Å². The summed E-state index contributed by atoms with van der Waals surface area (Å²) in [6, 6.07) is 6.67. The Hall–Kier alpha value is -1.71. The van der Waals surface area contributed by atoms with E-state index < -0.39 is 0 Å². The van der Waals surface area contributed by atoms with Crippen molar-refractivity contribution in [1.82, 2.24) is 0 Å². The van der Waals surface area contributed by atoms with Gasteiger partial charge in [-0.1, -0.05) is 36.0 Å². The Morgan fingerprint density at radius 2 is 2.00 bits per heavy atom. The SMILES string of the molecule is Cc1ccc(N(C)C2CCCCC2)c(/C(N)=N/O)c1. The zero-order chi connectivity index (χ0) is 13.8. The molecule has 3 N–H and O–H groups in total. The molecule has 0 aromatic heterocycles. The fourth-order valence-corrected chi connectivity index (χ4v) is 2.88. The average molecular weight is 261 g/mol. The number of amidine groups is 1. The maximum Gasteiger partial charge on any atom is 0.172 e. The fourth-order valence-electron chi connectivity index (χ4n) is 2.88. The van der Waals surface area contributed by atoms with Gasteiger partial charge in [-0.3, -0.25) is 0 Å². The van der Waals surface area contributed by atoms with Crippen molar-refractivity contribution in [1.29, 1.82) is 0 Å². The number of rotatable bonds is 3. The molecule has 0 radical (unpaired) electrons. The van der Waals surface area contributed by atoms with E-state index in [0.717, 1.165) is 16.8 Å². The molecule has 0 spiro atoms. The lowest BCUT2D eigenvalue weighted by atomic mass is 9.93. The predicted molar refractivity (Wildman–Crippen MR) is 79.0 cm³/mol. The van der Waals surface area contributed by atoms with Crippen LogP contribution in [0.25, 0.3) is 0 Å². The molecule has 1 aromatic carbocycles. The Kier molecular flexibility index (Phi) is 4.30. The third kappa shape index (κ3) is 3.00. The quantitative estimate of drug-likeness (QED) is 0.380. The van der Waals surface area contributed by atoms with E-state index in [9.17, 15) is 0 Å². The molecule has 0 heterocycles. The van der Waals surface area contributed by atoms with Gasteiger partial charge in [0.05, 0.1) is 0 Å². The highest BCUT2D eigenvalue weighted by molar-refractivity contribution is 6.02. The van der Waals surface area contributed by atoms with Crippen molar-refractivity contribution in [2.24, 2.45) is 10.9 Å². The second-order valence-electron chi connectivity index (χ2n) is 5.41. The molecule has 0 bridgehead atoms. The molecule has 104 valence electrons. The van der Waals surface area contributed by atoms with Gasteiger partial charge in [0, 0.05) is 24.3 Å². The molecule has 0 unspecified atom stereocenters. The van der Waals surface area contributed by atoms with Gasteiger partial charge < -0.3 is 15.8 Å². The molecule has 0 aliphatic heterocycles. The zero-order valence-corrected chi connectivity index (χ0v) is 11.8. The van der Waals surface area contributed by atoms with Gasteiger partial charge >= 0.3 is 0 Å². The maximum absolute atomic E-state index is 8.94. The first-order chi connectivity index (χ1) is 9.13. The number of aryl methyl sites for hydroxylation is 1. The van der Waals surface area contributed by atoms with Gasteiger partial charge in [0.15, 0.2) is 5.84 Å². The molecule has 0 saturated heterocycles. The Bertz CT molecular complexity index is 464. The molecule has 0 atom stereocenters. The Balaban J connectivity index is 2.32. The predicted octanol–water partition coefficient (Wildman–Crippen LogP) is 2.86. The largest absolute Gasteiger partial charge is 0.409 e. The third-order valence-electron chi connectivity index (χ3n) is 4.04. The highest BCUT2D eigenvalue weighted by Crippen LogP contribution is 2.29. The first-order valence-corrected chi connectivity index (χ1v) is 6.95. The summed E-state index contributed by atoms with van der Waals surface area (Å²) in [5.41, 5.74) is 8.78. The van der Waals surface area contributed by atoms with Gasteiger partial charge in [-0.2, -0.15) is 0 Å². The van der Waals surface area contributed by atoms with Crippen LogP contribution in [0.1, 0.15) is 43.2 Å². The topological polar surface area (TPSA) is 61.8 Å². The van der Waals surface area contributed by atoms with E-state index in [1.165, 1.54) is 32.1 Å². The number of nitrogens with zero attached hydrogens (tertiary/aromatic N) is 2. The molecule has 1 aliphatic rings. The Morgan fingerprint density at radius 1 is 1.32 bits per heavy atom. The summed E-state index contributed by atoms with van der Waals surface area (Å²) in [6.45, 7) is 2.01. The molecule has 4 heteroatoms. The second-order valence-corrected chi connectivity index (χ2v) is 5.41. The summed E-state index contributed by atoms with van der Waals surface area (Å²) in [5, 5.41) is 12.1. The van der Waals surface area contributed by atoms with Crippen molar-refractivity contribution >= 4 is 11.5 Å². The van der Waals surface area contributed by atoms with Gasteiger partial charge in [-0.15, -0.1) is 0 Å². The zero-order valence-electron chi connectivity index (χ0n) is 11.8. The normalized spacial score (nSPS) is 17.5. The lowest BCUT2D eigenvalue weighted by molar-refractivity contribution is 0.318. The molecule has 4 nitrogen and oxygen atoms in total. The van der Waals surface area contributed by atoms with Crippen molar-refractivity contribution in [2.45, 2.75) is 45.1 Å². The Morgan fingerprint density at radius 3 is 2.63 bits per heavy atom. The highest BCUT2D eigenvalue weighted by atomic mass is 16.4. The van der Waals surface area contributed by atoms with E-state index in [0.29, 0.717) is 6.04 Å². The van der Waals surface area contributed by atoms with E-state index in [-0.39, 0.29) is 5.84 Å². The van der Waals surface area contributed by atoms with Crippen LogP contribution in [0.3, 0.4) is 0 Å². The molecular weight excluding hydrogens is 238 g/mol. The van der Waals surface area contributed by atoms with Crippen molar-refractivity contribution < 1.29 is 5.21 Å². The number of hydrogen-bond acceptors (Lipinski definition) is 3. The van der Waals surface area contributed by atoms with Crippen molar-refractivity contribution in [3.63, 3.8) is 0 Å². The first-order valence-electron chi connectivity index (χ1n) is 6.95. The van der Waals surface area contributed by atoms with E-state index in [1.807, 2.05) is 13.0 Å². The molecule has 19 heavy (non-hydrogen) atoms. The van der Waals surface area contributed by atoms with Crippen LogP contribution in [0.4, 0.5) is 5.69 Å². The van der Waals surface area contributed by atoms with Crippen LogP contribution in [0.5, 0.6) is 0 Å². The first kappa shape index (κ1) is 13.7. The second kappa shape index (κ2) is 5.95. The summed E-state index contributed by atoms with van der Waals surface area (Å²) >= 11 is 0. The minimum atomic E-state index is 0.182.